The molecule has 1 heterocycles. The van der Waals surface area contributed by atoms with Crippen molar-refractivity contribution in [3.05, 3.63) is 22.3 Å². The Hall–Kier alpha value is -1.42. The monoisotopic (exact) mass is 428 g/mol. The predicted octanol–water partition coefficient (Wildman–Crippen LogP) is 6.74. The summed E-state index contributed by atoms with van der Waals surface area (Å²) >= 11 is 6.23. The molecule has 2 atom stereocenters. The minimum Gasteiger partial charge on any atom is -0.482 e. The average molecular weight is 429 g/mol. The molecule has 1 spiro atoms. The zero-order chi connectivity index (χ0) is 21.7. The fraction of sp³-hybridized carbons (Fsp3) is 0.692. The summed E-state index contributed by atoms with van der Waals surface area (Å²) in [6.45, 7) is 9.82. The maximum absolute atomic E-state index is 11.6. The van der Waals surface area contributed by atoms with Gasteiger partial charge in [0.05, 0.1) is 0 Å². The molecule has 3 nitrogen and oxygen atoms in total. The highest BCUT2D eigenvalue weighted by atomic mass is 32.1. The minimum absolute atomic E-state index is 0.276. The molecule has 2 saturated carbocycles. The van der Waals surface area contributed by atoms with Gasteiger partial charge < -0.3 is 9.47 Å². The minimum atomic E-state index is -0.394. The molecule has 0 N–H and O–H groups in total. The lowest BCUT2D eigenvalue weighted by atomic mass is 9.64. The number of fused-ring (bicyclic) bond motifs is 1. The van der Waals surface area contributed by atoms with E-state index >= 15 is 0 Å². The van der Waals surface area contributed by atoms with Gasteiger partial charge in [-0.1, -0.05) is 37.9 Å². The lowest BCUT2D eigenvalue weighted by molar-refractivity contribution is -0.132. The molecule has 4 rings (SSSR count). The summed E-state index contributed by atoms with van der Waals surface area (Å²) in [4.78, 5) is 12.8. The van der Waals surface area contributed by atoms with Crippen LogP contribution in [0.25, 0.3) is 0 Å². The summed E-state index contributed by atoms with van der Waals surface area (Å²) in [5.41, 5.74) is 4.30. The molecular formula is C26H36O3S. The van der Waals surface area contributed by atoms with Crippen LogP contribution in [0.15, 0.2) is 0 Å². The van der Waals surface area contributed by atoms with Gasteiger partial charge in [0, 0.05) is 17.4 Å². The van der Waals surface area contributed by atoms with Crippen molar-refractivity contribution in [3.8, 4) is 11.5 Å². The van der Waals surface area contributed by atoms with Gasteiger partial charge in [-0.05, 0) is 94.2 Å². The fourth-order valence-corrected chi connectivity index (χ4v) is 6.99. The molecule has 1 aliphatic heterocycles. The Bertz CT molecular complexity index is 881. The van der Waals surface area contributed by atoms with E-state index in [2.05, 4.69) is 13.8 Å². The lowest BCUT2D eigenvalue weighted by Gasteiger charge is -2.45. The van der Waals surface area contributed by atoms with Gasteiger partial charge in [0.15, 0.2) is 0 Å². The second kappa shape index (κ2) is 7.93. The smallest absolute Gasteiger partial charge is 0.308 e. The molecule has 30 heavy (non-hydrogen) atoms. The Labute approximate surface area is 186 Å². The van der Waals surface area contributed by atoms with Crippen molar-refractivity contribution < 1.29 is 14.3 Å². The van der Waals surface area contributed by atoms with E-state index in [1.165, 1.54) is 63.9 Å². The summed E-state index contributed by atoms with van der Waals surface area (Å²) in [6, 6.07) is 0. The average Bonchev–Trinajstić information content (AvgIpc) is 3.11. The van der Waals surface area contributed by atoms with Gasteiger partial charge in [-0.2, -0.15) is 0 Å². The maximum atomic E-state index is 11.6. The zero-order valence-electron chi connectivity index (χ0n) is 19.3. The standard InChI is InChI=1S/C26H36O3S/c1-16-17(2)23-20(18(3)22(16)28-19(4)27)11-15-25(5,29-23)24(30)21-10-9-14-26(21)12-7-6-8-13-26/h21H,6-15H2,1-5H3. The molecule has 1 aromatic rings. The first-order valence-electron chi connectivity index (χ1n) is 11.7. The molecule has 0 aromatic heterocycles. The first-order valence-corrected chi connectivity index (χ1v) is 12.1. The zero-order valence-corrected chi connectivity index (χ0v) is 20.1. The van der Waals surface area contributed by atoms with Crippen LogP contribution in [0.5, 0.6) is 11.5 Å². The summed E-state index contributed by atoms with van der Waals surface area (Å²) in [5, 5.41) is 0. The molecule has 2 fully saturated rings. The summed E-state index contributed by atoms with van der Waals surface area (Å²) < 4.78 is 12.4. The first kappa shape index (κ1) is 21.8. The van der Waals surface area contributed by atoms with Crippen LogP contribution in [0.1, 0.15) is 93.9 Å². The molecule has 0 radical (unpaired) electrons. The number of carbonyl (C=O) groups excluding carboxylic acids is 1. The van der Waals surface area contributed by atoms with E-state index in [0.29, 0.717) is 17.1 Å². The van der Waals surface area contributed by atoms with Crippen LogP contribution in [0.2, 0.25) is 0 Å². The van der Waals surface area contributed by atoms with E-state index in [4.69, 9.17) is 21.7 Å². The van der Waals surface area contributed by atoms with Gasteiger partial charge in [0.1, 0.15) is 17.1 Å². The lowest BCUT2D eigenvalue weighted by Crippen LogP contribution is -2.50. The third-order valence-electron chi connectivity index (χ3n) is 8.33. The van der Waals surface area contributed by atoms with Crippen molar-refractivity contribution >= 4 is 23.1 Å². The third kappa shape index (κ3) is 3.49. The normalized spacial score (nSPS) is 27.4. The van der Waals surface area contributed by atoms with E-state index < -0.39 is 5.60 Å². The molecule has 2 unspecified atom stereocenters. The molecule has 3 aliphatic rings. The number of thiocarbonyl (C=S) groups is 1. The molecular weight excluding hydrogens is 392 g/mol. The number of hydrogen-bond donors (Lipinski definition) is 0. The summed E-state index contributed by atoms with van der Waals surface area (Å²) in [6.07, 6.45) is 12.5. The van der Waals surface area contributed by atoms with Crippen LogP contribution < -0.4 is 9.47 Å². The van der Waals surface area contributed by atoms with Crippen LogP contribution >= 0.6 is 12.2 Å². The number of esters is 1. The van der Waals surface area contributed by atoms with Crippen molar-refractivity contribution in [1.29, 1.82) is 0 Å². The quantitative estimate of drug-likeness (QED) is 0.303. The highest BCUT2D eigenvalue weighted by Crippen LogP contribution is 2.55. The van der Waals surface area contributed by atoms with Gasteiger partial charge in [0.2, 0.25) is 0 Å². The van der Waals surface area contributed by atoms with Crippen molar-refractivity contribution in [2.75, 3.05) is 0 Å². The van der Waals surface area contributed by atoms with Crippen LogP contribution in [-0.4, -0.2) is 16.4 Å². The number of hydrogen-bond acceptors (Lipinski definition) is 4. The molecule has 2 aliphatic carbocycles. The third-order valence-corrected chi connectivity index (χ3v) is 9.05. The largest absolute Gasteiger partial charge is 0.482 e. The molecule has 164 valence electrons. The van der Waals surface area contributed by atoms with E-state index in [1.54, 1.807) is 0 Å². The van der Waals surface area contributed by atoms with Crippen molar-refractivity contribution in [2.45, 2.75) is 104 Å². The Kier molecular flexibility index (Phi) is 5.76. The number of ether oxygens (including phenoxy) is 2. The van der Waals surface area contributed by atoms with E-state index in [1.807, 2.05) is 13.8 Å². The highest BCUT2D eigenvalue weighted by Gasteiger charge is 2.50. The molecule has 0 saturated heterocycles. The van der Waals surface area contributed by atoms with Crippen LogP contribution in [0.4, 0.5) is 0 Å². The van der Waals surface area contributed by atoms with Crippen molar-refractivity contribution in [1.82, 2.24) is 0 Å². The molecule has 0 bridgehead atoms. The van der Waals surface area contributed by atoms with Crippen molar-refractivity contribution in [3.63, 3.8) is 0 Å². The second-order valence-electron chi connectivity index (χ2n) is 10.2. The molecule has 1 aromatic carbocycles. The number of carbonyl (C=O) groups is 1. The Morgan fingerprint density at radius 1 is 1.00 bits per heavy atom. The Morgan fingerprint density at radius 3 is 2.33 bits per heavy atom. The predicted molar refractivity (Wildman–Crippen MR) is 125 cm³/mol. The van der Waals surface area contributed by atoms with E-state index in [0.717, 1.165) is 40.1 Å². The SMILES string of the molecule is CC(=O)Oc1c(C)c(C)c2c(c1C)CCC(C)(C(=S)C1CCCC13CCCCC3)O2. The maximum Gasteiger partial charge on any atom is 0.308 e. The first-order chi connectivity index (χ1) is 14.2. The van der Waals surface area contributed by atoms with Crippen LogP contribution in [0.3, 0.4) is 0 Å². The van der Waals surface area contributed by atoms with E-state index in [9.17, 15) is 4.79 Å². The van der Waals surface area contributed by atoms with Gasteiger partial charge in [-0.3, -0.25) is 4.79 Å². The number of rotatable bonds is 3. The van der Waals surface area contributed by atoms with Gasteiger partial charge in [-0.25, -0.2) is 0 Å². The Balaban J connectivity index is 1.66. The summed E-state index contributed by atoms with van der Waals surface area (Å²) in [7, 11) is 0. The van der Waals surface area contributed by atoms with Crippen LogP contribution in [0, 0.1) is 32.1 Å². The van der Waals surface area contributed by atoms with Gasteiger partial charge in [-0.15, -0.1) is 0 Å². The highest BCUT2D eigenvalue weighted by molar-refractivity contribution is 7.80. The van der Waals surface area contributed by atoms with Crippen LogP contribution in [-0.2, 0) is 11.2 Å². The van der Waals surface area contributed by atoms with Gasteiger partial charge in [0.25, 0.3) is 0 Å². The number of benzene rings is 1. The molecule has 0 amide bonds. The van der Waals surface area contributed by atoms with Crippen molar-refractivity contribution in [2.24, 2.45) is 11.3 Å². The van der Waals surface area contributed by atoms with Gasteiger partial charge >= 0.3 is 5.97 Å². The fourth-order valence-electron chi connectivity index (χ4n) is 6.48. The second-order valence-corrected chi connectivity index (χ2v) is 10.6. The summed E-state index contributed by atoms with van der Waals surface area (Å²) in [5.74, 6) is 1.91. The topological polar surface area (TPSA) is 35.5 Å². The Morgan fingerprint density at radius 2 is 1.67 bits per heavy atom. The molecule has 4 heteroatoms. The van der Waals surface area contributed by atoms with E-state index in [-0.39, 0.29) is 5.97 Å².